The van der Waals surface area contributed by atoms with Crippen LogP contribution in [0.15, 0.2) is 24.3 Å². The maximum absolute atomic E-state index is 12.1. The monoisotopic (exact) mass is 434 g/mol. The molecule has 28 heavy (non-hydrogen) atoms. The van der Waals surface area contributed by atoms with Gasteiger partial charge in [-0.15, -0.1) is 24.8 Å². The Morgan fingerprint density at radius 3 is 2.29 bits per heavy atom. The van der Waals surface area contributed by atoms with Gasteiger partial charge in [-0.2, -0.15) is 0 Å². The lowest BCUT2D eigenvalue weighted by Crippen LogP contribution is -2.50. The predicted molar refractivity (Wildman–Crippen MR) is 116 cm³/mol. The number of halogens is 2. The van der Waals surface area contributed by atoms with E-state index in [0.717, 1.165) is 44.9 Å². The Kier molecular flexibility index (Phi) is 12.9. The van der Waals surface area contributed by atoms with Crippen molar-refractivity contribution in [2.75, 3.05) is 46.4 Å². The van der Waals surface area contributed by atoms with Crippen LogP contribution in [-0.2, 0) is 4.79 Å². The first-order valence-corrected chi connectivity index (χ1v) is 9.17. The summed E-state index contributed by atoms with van der Waals surface area (Å²) in [6, 6.07) is 7.11. The van der Waals surface area contributed by atoms with Crippen molar-refractivity contribution in [1.82, 2.24) is 15.1 Å². The van der Waals surface area contributed by atoms with Gasteiger partial charge in [-0.05, 0) is 37.6 Å². The Balaban J connectivity index is 0.00000364. The van der Waals surface area contributed by atoms with Crippen LogP contribution in [0.25, 0.3) is 0 Å². The van der Waals surface area contributed by atoms with Crippen LogP contribution in [0.2, 0.25) is 0 Å². The number of ether oxygens (including phenoxy) is 1. The minimum atomic E-state index is -0.0858. The van der Waals surface area contributed by atoms with E-state index in [-0.39, 0.29) is 42.7 Å². The lowest BCUT2D eigenvalue weighted by Gasteiger charge is -2.34. The van der Waals surface area contributed by atoms with Gasteiger partial charge in [-0.1, -0.05) is 0 Å². The van der Waals surface area contributed by atoms with Crippen LogP contribution in [0.3, 0.4) is 0 Å². The highest BCUT2D eigenvalue weighted by Gasteiger charge is 2.20. The van der Waals surface area contributed by atoms with E-state index in [2.05, 4.69) is 10.2 Å². The quantitative estimate of drug-likeness (QED) is 0.647. The minimum Gasteiger partial charge on any atom is -0.497 e. The normalized spacial score (nSPS) is 15.0. The molecule has 1 aromatic rings. The Labute approximate surface area is 179 Å². The largest absolute Gasteiger partial charge is 0.497 e. The fourth-order valence-corrected chi connectivity index (χ4v) is 2.90. The number of amides is 2. The SMILES string of the molecule is COc1ccc(C(=O)NCCN2CCN(C(=O)CCC(C)N)CC2)cc1.Cl.Cl. The molecule has 0 radical (unpaired) electrons. The average molecular weight is 435 g/mol. The molecule has 1 fully saturated rings. The zero-order valence-corrected chi connectivity index (χ0v) is 18.2. The molecule has 7 nitrogen and oxygen atoms in total. The molecule has 0 aliphatic carbocycles. The van der Waals surface area contributed by atoms with Crippen LogP contribution in [0, 0.1) is 0 Å². The maximum atomic E-state index is 12.1. The van der Waals surface area contributed by atoms with Crippen molar-refractivity contribution in [2.45, 2.75) is 25.8 Å². The molecule has 1 unspecified atom stereocenters. The first-order chi connectivity index (χ1) is 12.5. The molecule has 3 N–H and O–H groups in total. The second-order valence-electron chi connectivity index (χ2n) is 6.72. The number of nitrogens with one attached hydrogen (secondary N) is 1. The summed E-state index contributed by atoms with van der Waals surface area (Å²) >= 11 is 0. The summed E-state index contributed by atoms with van der Waals surface area (Å²) in [5, 5.41) is 2.93. The van der Waals surface area contributed by atoms with Gasteiger partial charge >= 0.3 is 0 Å². The van der Waals surface area contributed by atoms with Crippen LogP contribution >= 0.6 is 24.8 Å². The molecule has 1 aliphatic heterocycles. The van der Waals surface area contributed by atoms with Gasteiger partial charge in [-0.3, -0.25) is 14.5 Å². The summed E-state index contributed by atoms with van der Waals surface area (Å²) in [5.41, 5.74) is 6.33. The molecule has 1 aliphatic rings. The fraction of sp³-hybridized carbons (Fsp3) is 0.579. The lowest BCUT2D eigenvalue weighted by atomic mass is 10.1. The van der Waals surface area contributed by atoms with Crippen LogP contribution in [0.4, 0.5) is 0 Å². The molecule has 0 spiro atoms. The van der Waals surface area contributed by atoms with Crippen molar-refractivity contribution >= 4 is 36.6 Å². The van der Waals surface area contributed by atoms with Crippen LogP contribution in [-0.4, -0.2) is 74.0 Å². The topological polar surface area (TPSA) is 87.9 Å². The molecule has 1 heterocycles. The standard InChI is InChI=1S/C19H30N4O3.2ClH/c1-15(20)3-8-18(24)23-13-11-22(12-14-23)10-9-21-19(25)16-4-6-17(26-2)7-5-16;;/h4-7,15H,3,8-14,20H2,1-2H3,(H,21,25);2*1H. The summed E-state index contributed by atoms with van der Waals surface area (Å²) in [5.74, 6) is 0.835. The summed E-state index contributed by atoms with van der Waals surface area (Å²) in [6.07, 6.45) is 1.26. The number of hydrogen-bond donors (Lipinski definition) is 2. The molecular weight excluding hydrogens is 403 g/mol. The number of carbonyl (C=O) groups is 2. The number of carbonyl (C=O) groups excluding carboxylic acids is 2. The summed E-state index contributed by atoms with van der Waals surface area (Å²) < 4.78 is 5.09. The van der Waals surface area contributed by atoms with Crippen LogP contribution in [0.5, 0.6) is 5.75 Å². The number of hydrogen-bond acceptors (Lipinski definition) is 5. The van der Waals surface area contributed by atoms with E-state index in [9.17, 15) is 9.59 Å². The second kappa shape index (κ2) is 13.6. The zero-order chi connectivity index (χ0) is 18.9. The molecule has 1 aromatic carbocycles. The highest BCUT2D eigenvalue weighted by Crippen LogP contribution is 2.11. The van der Waals surface area contributed by atoms with Crippen molar-refractivity contribution in [3.05, 3.63) is 29.8 Å². The molecule has 9 heteroatoms. The average Bonchev–Trinajstić information content (AvgIpc) is 2.66. The molecule has 1 atom stereocenters. The number of methoxy groups -OCH3 is 1. The van der Waals surface area contributed by atoms with Gasteiger partial charge in [0.25, 0.3) is 5.91 Å². The van der Waals surface area contributed by atoms with E-state index >= 15 is 0 Å². The van der Waals surface area contributed by atoms with Gasteiger partial charge in [0.2, 0.25) is 5.91 Å². The molecular formula is C19H32Cl2N4O3. The van der Waals surface area contributed by atoms with E-state index < -0.39 is 0 Å². The molecule has 0 saturated carbocycles. The van der Waals surface area contributed by atoms with Gasteiger partial charge in [0.05, 0.1) is 7.11 Å². The highest BCUT2D eigenvalue weighted by molar-refractivity contribution is 5.94. The highest BCUT2D eigenvalue weighted by atomic mass is 35.5. The smallest absolute Gasteiger partial charge is 0.251 e. The maximum Gasteiger partial charge on any atom is 0.251 e. The van der Waals surface area contributed by atoms with Gasteiger partial charge in [0.15, 0.2) is 0 Å². The van der Waals surface area contributed by atoms with Crippen molar-refractivity contribution in [3.63, 3.8) is 0 Å². The number of benzene rings is 1. The van der Waals surface area contributed by atoms with E-state index in [4.69, 9.17) is 10.5 Å². The van der Waals surface area contributed by atoms with Gasteiger partial charge < -0.3 is 20.7 Å². The van der Waals surface area contributed by atoms with Gasteiger partial charge in [0, 0.05) is 57.3 Å². The Morgan fingerprint density at radius 1 is 1.14 bits per heavy atom. The Bertz CT molecular complexity index is 591. The van der Waals surface area contributed by atoms with E-state index in [0.29, 0.717) is 18.5 Å². The number of rotatable bonds is 8. The lowest BCUT2D eigenvalue weighted by molar-refractivity contribution is -0.133. The predicted octanol–water partition coefficient (Wildman–Crippen LogP) is 1.54. The Morgan fingerprint density at radius 2 is 1.75 bits per heavy atom. The molecule has 0 aromatic heterocycles. The first-order valence-electron chi connectivity index (χ1n) is 9.17. The van der Waals surface area contributed by atoms with Gasteiger partial charge in [-0.25, -0.2) is 0 Å². The fourth-order valence-electron chi connectivity index (χ4n) is 2.90. The van der Waals surface area contributed by atoms with E-state index in [1.807, 2.05) is 11.8 Å². The van der Waals surface area contributed by atoms with Crippen LogP contribution in [0.1, 0.15) is 30.1 Å². The molecule has 2 rings (SSSR count). The first kappa shape index (κ1) is 26.5. The number of nitrogens with two attached hydrogens (primary N) is 1. The molecule has 2 amide bonds. The molecule has 1 saturated heterocycles. The van der Waals surface area contributed by atoms with E-state index in [1.165, 1.54) is 0 Å². The third-order valence-corrected chi connectivity index (χ3v) is 4.60. The summed E-state index contributed by atoms with van der Waals surface area (Å²) in [7, 11) is 1.60. The number of nitrogens with zero attached hydrogens (tertiary/aromatic N) is 2. The third-order valence-electron chi connectivity index (χ3n) is 4.60. The van der Waals surface area contributed by atoms with Crippen LogP contribution < -0.4 is 15.8 Å². The third kappa shape index (κ3) is 8.65. The van der Waals surface area contributed by atoms with Crippen molar-refractivity contribution in [1.29, 1.82) is 0 Å². The van der Waals surface area contributed by atoms with Crippen molar-refractivity contribution in [3.8, 4) is 5.75 Å². The second-order valence-corrected chi connectivity index (χ2v) is 6.72. The van der Waals surface area contributed by atoms with Crippen molar-refractivity contribution in [2.24, 2.45) is 5.73 Å². The van der Waals surface area contributed by atoms with Gasteiger partial charge in [0.1, 0.15) is 5.75 Å². The van der Waals surface area contributed by atoms with Crippen molar-refractivity contribution < 1.29 is 14.3 Å². The zero-order valence-electron chi connectivity index (χ0n) is 16.6. The number of piperazine rings is 1. The molecule has 0 bridgehead atoms. The molecule has 160 valence electrons. The summed E-state index contributed by atoms with van der Waals surface area (Å²) in [6.45, 7) is 6.44. The summed E-state index contributed by atoms with van der Waals surface area (Å²) in [4.78, 5) is 28.4. The van der Waals surface area contributed by atoms with E-state index in [1.54, 1.807) is 31.4 Å². The Hall–Kier alpha value is -1.54. The minimum absolute atomic E-state index is 0.